The second kappa shape index (κ2) is 4.91. The van der Waals surface area contributed by atoms with Crippen LogP contribution in [0, 0.1) is 0 Å². The fraction of sp³-hybridized carbons (Fsp3) is 0.0909. The van der Waals surface area contributed by atoms with E-state index < -0.39 is 0 Å². The lowest BCUT2D eigenvalue weighted by atomic mass is 10.0. The molecular formula is C11H9BrClN3. The molecule has 0 amide bonds. The van der Waals surface area contributed by atoms with Crippen LogP contribution in [0.4, 0.5) is 0 Å². The van der Waals surface area contributed by atoms with Gasteiger partial charge < -0.3 is 5.73 Å². The molecule has 1 atom stereocenters. The van der Waals surface area contributed by atoms with Crippen molar-refractivity contribution in [3.63, 3.8) is 0 Å². The van der Waals surface area contributed by atoms with Crippen molar-refractivity contribution in [2.45, 2.75) is 6.04 Å². The highest BCUT2D eigenvalue weighted by molar-refractivity contribution is 9.10. The average Bonchev–Trinajstić information content (AvgIpc) is 2.32. The molecular weight excluding hydrogens is 289 g/mol. The third-order valence-electron chi connectivity index (χ3n) is 2.23. The van der Waals surface area contributed by atoms with Gasteiger partial charge in [0.05, 0.1) is 6.04 Å². The molecule has 2 N–H and O–H groups in total. The molecule has 3 nitrogen and oxygen atoms in total. The minimum Gasteiger partial charge on any atom is -0.320 e. The van der Waals surface area contributed by atoms with Gasteiger partial charge >= 0.3 is 0 Å². The maximum absolute atomic E-state index is 6.12. The van der Waals surface area contributed by atoms with Crippen LogP contribution in [0.2, 0.25) is 5.02 Å². The van der Waals surface area contributed by atoms with E-state index in [1.807, 2.05) is 18.2 Å². The number of nitrogens with two attached hydrogens (primary N) is 1. The normalized spacial score (nSPS) is 12.4. The van der Waals surface area contributed by atoms with Crippen molar-refractivity contribution in [1.82, 2.24) is 9.97 Å². The fourth-order valence-corrected chi connectivity index (χ4v) is 2.08. The molecule has 82 valence electrons. The topological polar surface area (TPSA) is 51.8 Å². The van der Waals surface area contributed by atoms with Gasteiger partial charge in [-0.3, -0.25) is 0 Å². The Morgan fingerprint density at radius 2 is 1.94 bits per heavy atom. The molecule has 0 aliphatic heterocycles. The van der Waals surface area contributed by atoms with Crippen LogP contribution >= 0.6 is 27.5 Å². The summed E-state index contributed by atoms with van der Waals surface area (Å²) in [5, 5.41) is 0.658. The lowest BCUT2D eigenvalue weighted by Gasteiger charge is -2.13. The Hall–Kier alpha value is -0.970. The molecule has 5 heteroatoms. The molecule has 1 unspecified atom stereocenters. The monoisotopic (exact) mass is 297 g/mol. The highest BCUT2D eigenvalue weighted by atomic mass is 79.9. The summed E-state index contributed by atoms with van der Waals surface area (Å²) in [6, 6.07) is 5.24. The Balaban J connectivity index is 2.41. The summed E-state index contributed by atoms with van der Waals surface area (Å²) in [6.45, 7) is 0. The summed E-state index contributed by atoms with van der Waals surface area (Å²) in [7, 11) is 0. The molecule has 0 saturated carbocycles. The number of rotatable bonds is 2. The van der Waals surface area contributed by atoms with Gasteiger partial charge in [0.2, 0.25) is 0 Å². The van der Waals surface area contributed by atoms with E-state index in [1.54, 1.807) is 12.4 Å². The first kappa shape index (κ1) is 11.5. The van der Waals surface area contributed by atoms with Crippen molar-refractivity contribution in [2.24, 2.45) is 5.73 Å². The molecule has 0 saturated heterocycles. The molecule has 0 bridgehead atoms. The minimum atomic E-state index is -0.283. The SMILES string of the molecule is NC(c1cncnc1)c1cc(Cl)ccc1Br. The maximum Gasteiger partial charge on any atom is 0.115 e. The standard InChI is InChI=1S/C11H9BrClN3/c12-10-2-1-8(13)3-9(10)11(14)7-4-15-6-16-5-7/h1-6,11H,14H2. The summed E-state index contributed by atoms with van der Waals surface area (Å²) >= 11 is 9.39. The van der Waals surface area contributed by atoms with Crippen LogP contribution in [0.15, 0.2) is 41.4 Å². The van der Waals surface area contributed by atoms with Crippen LogP contribution in [0.5, 0.6) is 0 Å². The van der Waals surface area contributed by atoms with Gasteiger partial charge in [-0.1, -0.05) is 27.5 Å². The molecule has 1 aromatic heterocycles. The molecule has 0 radical (unpaired) electrons. The second-order valence-corrected chi connectivity index (χ2v) is 4.61. The summed E-state index contributed by atoms with van der Waals surface area (Å²) in [5.41, 5.74) is 7.89. The summed E-state index contributed by atoms with van der Waals surface area (Å²) < 4.78 is 0.924. The maximum atomic E-state index is 6.12. The van der Waals surface area contributed by atoms with Crippen LogP contribution in [-0.2, 0) is 0 Å². The van der Waals surface area contributed by atoms with Gasteiger partial charge in [-0.2, -0.15) is 0 Å². The van der Waals surface area contributed by atoms with E-state index in [4.69, 9.17) is 17.3 Å². The third kappa shape index (κ3) is 2.40. The highest BCUT2D eigenvalue weighted by Crippen LogP contribution is 2.28. The molecule has 1 heterocycles. The first-order valence-electron chi connectivity index (χ1n) is 4.64. The molecule has 1 aromatic carbocycles. The summed E-state index contributed by atoms with van der Waals surface area (Å²) in [6.07, 6.45) is 4.87. The van der Waals surface area contributed by atoms with Gasteiger partial charge in [0.1, 0.15) is 6.33 Å². The van der Waals surface area contributed by atoms with Crippen molar-refractivity contribution in [2.75, 3.05) is 0 Å². The van der Waals surface area contributed by atoms with E-state index >= 15 is 0 Å². The number of aromatic nitrogens is 2. The zero-order valence-electron chi connectivity index (χ0n) is 8.27. The number of nitrogens with zero attached hydrogens (tertiary/aromatic N) is 2. The molecule has 0 fully saturated rings. The molecule has 2 rings (SSSR count). The van der Waals surface area contributed by atoms with Crippen LogP contribution in [-0.4, -0.2) is 9.97 Å². The van der Waals surface area contributed by atoms with Gasteiger partial charge in [-0.05, 0) is 23.8 Å². The van der Waals surface area contributed by atoms with Crippen LogP contribution < -0.4 is 5.73 Å². The van der Waals surface area contributed by atoms with Crippen molar-refractivity contribution in [3.05, 3.63) is 57.5 Å². The van der Waals surface area contributed by atoms with E-state index in [2.05, 4.69) is 25.9 Å². The zero-order valence-corrected chi connectivity index (χ0v) is 10.6. The molecule has 0 aliphatic rings. The minimum absolute atomic E-state index is 0.283. The largest absolute Gasteiger partial charge is 0.320 e. The molecule has 0 aliphatic carbocycles. The smallest absolute Gasteiger partial charge is 0.115 e. The molecule has 0 spiro atoms. The first-order chi connectivity index (χ1) is 7.68. The quantitative estimate of drug-likeness (QED) is 0.927. The zero-order chi connectivity index (χ0) is 11.5. The first-order valence-corrected chi connectivity index (χ1v) is 5.81. The summed E-state index contributed by atoms with van der Waals surface area (Å²) in [5.74, 6) is 0. The Bertz CT molecular complexity index is 490. The van der Waals surface area contributed by atoms with Crippen molar-refractivity contribution < 1.29 is 0 Å². The van der Waals surface area contributed by atoms with Crippen molar-refractivity contribution in [1.29, 1.82) is 0 Å². The van der Waals surface area contributed by atoms with Gasteiger partial charge in [0.25, 0.3) is 0 Å². The fourth-order valence-electron chi connectivity index (χ4n) is 1.40. The van der Waals surface area contributed by atoms with Crippen molar-refractivity contribution >= 4 is 27.5 Å². The second-order valence-electron chi connectivity index (χ2n) is 3.32. The molecule has 2 aromatic rings. The lowest BCUT2D eigenvalue weighted by molar-refractivity contribution is 0.846. The van der Waals surface area contributed by atoms with E-state index in [-0.39, 0.29) is 6.04 Å². The predicted octanol–water partition coefficient (Wildman–Crippen LogP) is 2.94. The number of halogens is 2. The van der Waals surface area contributed by atoms with Crippen LogP contribution in [0.1, 0.15) is 17.2 Å². The predicted molar refractivity (Wildman–Crippen MR) is 67.2 cm³/mol. The summed E-state index contributed by atoms with van der Waals surface area (Å²) in [4.78, 5) is 7.89. The Morgan fingerprint density at radius 1 is 1.25 bits per heavy atom. The van der Waals surface area contributed by atoms with E-state index in [9.17, 15) is 0 Å². The van der Waals surface area contributed by atoms with Crippen molar-refractivity contribution in [3.8, 4) is 0 Å². The van der Waals surface area contributed by atoms with Gasteiger partial charge in [0, 0.05) is 27.5 Å². The number of benzene rings is 1. The van der Waals surface area contributed by atoms with E-state index in [0.717, 1.165) is 15.6 Å². The Labute approximate surface area is 107 Å². The Kier molecular flexibility index (Phi) is 3.53. The van der Waals surface area contributed by atoms with Crippen LogP contribution in [0.3, 0.4) is 0 Å². The van der Waals surface area contributed by atoms with Gasteiger partial charge in [-0.15, -0.1) is 0 Å². The Morgan fingerprint density at radius 3 is 2.62 bits per heavy atom. The third-order valence-corrected chi connectivity index (χ3v) is 3.19. The lowest BCUT2D eigenvalue weighted by Crippen LogP contribution is -2.13. The van der Waals surface area contributed by atoms with Crippen LogP contribution in [0.25, 0.3) is 0 Å². The average molecular weight is 299 g/mol. The van der Waals surface area contributed by atoms with E-state index in [1.165, 1.54) is 6.33 Å². The van der Waals surface area contributed by atoms with Gasteiger partial charge in [0.15, 0.2) is 0 Å². The number of hydrogen-bond donors (Lipinski definition) is 1. The number of hydrogen-bond acceptors (Lipinski definition) is 3. The highest BCUT2D eigenvalue weighted by Gasteiger charge is 2.13. The van der Waals surface area contributed by atoms with Gasteiger partial charge in [-0.25, -0.2) is 9.97 Å². The van der Waals surface area contributed by atoms with E-state index in [0.29, 0.717) is 5.02 Å². The molecule has 16 heavy (non-hydrogen) atoms.